The van der Waals surface area contributed by atoms with Gasteiger partial charge in [0.15, 0.2) is 0 Å². The normalized spacial score (nSPS) is 35.1. The minimum absolute atomic E-state index is 0.128. The molecule has 0 spiro atoms. The third-order valence-electron chi connectivity index (χ3n) is 9.15. The van der Waals surface area contributed by atoms with Crippen molar-refractivity contribution in [2.75, 3.05) is 38.2 Å². The number of amides is 2. The molecule has 0 aliphatic carbocycles. The van der Waals surface area contributed by atoms with Crippen LogP contribution in [0.2, 0.25) is 0 Å². The monoisotopic (exact) mass is 487 g/mol. The molecule has 5 aliphatic heterocycles. The Balaban J connectivity index is 1.24. The van der Waals surface area contributed by atoms with Crippen molar-refractivity contribution in [1.82, 2.24) is 9.80 Å². The van der Waals surface area contributed by atoms with Crippen LogP contribution in [0.4, 0.5) is 5.69 Å². The van der Waals surface area contributed by atoms with Crippen LogP contribution < -0.4 is 9.64 Å². The molecular formula is C29H33N3O4. The Bertz CT molecular complexity index is 1180. The Hall–Kier alpha value is -3.03. The van der Waals surface area contributed by atoms with E-state index in [4.69, 9.17) is 4.74 Å². The second-order valence-corrected chi connectivity index (χ2v) is 11.0. The van der Waals surface area contributed by atoms with Gasteiger partial charge in [-0.3, -0.25) is 29.1 Å². The summed E-state index contributed by atoms with van der Waals surface area (Å²) in [7, 11) is 1.60. The van der Waals surface area contributed by atoms with Crippen LogP contribution in [0.5, 0.6) is 5.75 Å². The minimum Gasteiger partial charge on any atom is -0.497 e. The lowest BCUT2D eigenvalue weighted by Crippen LogP contribution is -2.76. The fraction of sp³-hybridized carbons (Fsp3) is 0.483. The number of hydrogen-bond donors (Lipinski definition) is 0. The van der Waals surface area contributed by atoms with E-state index in [-0.39, 0.29) is 35.2 Å². The summed E-state index contributed by atoms with van der Waals surface area (Å²) in [6.07, 6.45) is 2.05. The standard InChI is InChI=1S/C29H33N3O4/c1-4-28-15-30-17-29(5-2,27(28)35)18-31(16-28)25(30)20-6-10-21(11-7-20)32-24(33)14-23(26(32)34)19-8-12-22(36-3)13-9-19/h6-13,23,25H,4-5,14-18H2,1-3H3. The molecule has 188 valence electrons. The summed E-state index contributed by atoms with van der Waals surface area (Å²) < 4.78 is 5.21. The third kappa shape index (κ3) is 3.22. The first-order valence-electron chi connectivity index (χ1n) is 13.0. The number of hydrogen-bond acceptors (Lipinski definition) is 6. The second-order valence-electron chi connectivity index (χ2n) is 11.0. The van der Waals surface area contributed by atoms with E-state index in [1.54, 1.807) is 7.11 Å². The van der Waals surface area contributed by atoms with Crippen molar-refractivity contribution >= 4 is 23.3 Å². The Morgan fingerprint density at radius 3 is 1.83 bits per heavy atom. The predicted octanol–water partition coefficient (Wildman–Crippen LogP) is 3.75. The molecule has 0 saturated carbocycles. The van der Waals surface area contributed by atoms with Crippen molar-refractivity contribution in [2.24, 2.45) is 10.8 Å². The molecule has 5 fully saturated rings. The average Bonchev–Trinajstić information content (AvgIpc) is 3.20. The van der Waals surface area contributed by atoms with Gasteiger partial charge in [0.25, 0.3) is 0 Å². The molecule has 0 N–H and O–H groups in total. The maximum absolute atomic E-state index is 13.4. The number of carbonyl (C=O) groups is 3. The van der Waals surface area contributed by atoms with Gasteiger partial charge in [-0.15, -0.1) is 0 Å². The van der Waals surface area contributed by atoms with Crippen LogP contribution in [0, 0.1) is 10.8 Å². The quantitative estimate of drug-likeness (QED) is 0.578. The van der Waals surface area contributed by atoms with E-state index in [0.29, 0.717) is 11.5 Å². The molecule has 7 rings (SSSR count). The molecule has 2 amide bonds. The largest absolute Gasteiger partial charge is 0.497 e. The van der Waals surface area contributed by atoms with Gasteiger partial charge in [0.05, 0.1) is 35.7 Å². The first kappa shape index (κ1) is 23.4. The zero-order chi connectivity index (χ0) is 25.2. The van der Waals surface area contributed by atoms with Crippen LogP contribution in [0.1, 0.15) is 56.3 Å². The Kier molecular flexibility index (Phi) is 5.36. The molecule has 7 nitrogen and oxygen atoms in total. The lowest BCUT2D eigenvalue weighted by molar-refractivity contribution is -0.204. The van der Waals surface area contributed by atoms with E-state index < -0.39 is 5.92 Å². The highest BCUT2D eigenvalue weighted by atomic mass is 16.5. The molecule has 1 atom stereocenters. The molecule has 1 unspecified atom stereocenters. The number of Topliss-reactive ketones (excluding diaryl/α,β-unsaturated/α-hetero) is 1. The van der Waals surface area contributed by atoms with Crippen molar-refractivity contribution in [3.63, 3.8) is 0 Å². The van der Waals surface area contributed by atoms with Gasteiger partial charge < -0.3 is 4.74 Å². The van der Waals surface area contributed by atoms with E-state index in [9.17, 15) is 14.4 Å². The van der Waals surface area contributed by atoms with Gasteiger partial charge in [-0.25, -0.2) is 0 Å². The Labute approximate surface area is 212 Å². The molecule has 5 heterocycles. The molecule has 5 saturated heterocycles. The second kappa shape index (κ2) is 8.25. The number of rotatable bonds is 6. The number of anilines is 1. The highest BCUT2D eigenvalue weighted by Crippen LogP contribution is 2.54. The molecule has 0 aromatic heterocycles. The van der Waals surface area contributed by atoms with Crippen molar-refractivity contribution < 1.29 is 19.1 Å². The number of methoxy groups -OCH3 is 1. The van der Waals surface area contributed by atoms with Crippen molar-refractivity contribution in [2.45, 2.75) is 45.2 Å². The fourth-order valence-electron chi connectivity index (χ4n) is 7.18. The van der Waals surface area contributed by atoms with Crippen LogP contribution in [0.25, 0.3) is 0 Å². The number of imide groups is 1. The minimum atomic E-state index is -0.474. The number of ketones is 1. The number of benzene rings is 2. The summed E-state index contributed by atoms with van der Waals surface area (Å²) >= 11 is 0. The van der Waals surface area contributed by atoms with Crippen LogP contribution in [-0.4, -0.2) is 60.7 Å². The van der Waals surface area contributed by atoms with E-state index in [2.05, 4.69) is 23.6 Å². The first-order chi connectivity index (χ1) is 17.3. The summed E-state index contributed by atoms with van der Waals surface area (Å²) in [4.78, 5) is 45.8. The van der Waals surface area contributed by atoms with E-state index in [1.165, 1.54) is 4.90 Å². The molecule has 4 bridgehead atoms. The summed E-state index contributed by atoms with van der Waals surface area (Å²) in [6.45, 7) is 7.51. The third-order valence-corrected chi connectivity index (χ3v) is 9.15. The first-order valence-corrected chi connectivity index (χ1v) is 13.0. The van der Waals surface area contributed by atoms with Crippen molar-refractivity contribution in [3.8, 4) is 5.75 Å². The lowest BCUT2D eigenvalue weighted by atomic mass is 9.58. The maximum atomic E-state index is 13.4. The van der Waals surface area contributed by atoms with Gasteiger partial charge in [0, 0.05) is 32.6 Å². The van der Waals surface area contributed by atoms with Gasteiger partial charge >= 0.3 is 0 Å². The molecular weight excluding hydrogens is 454 g/mol. The van der Waals surface area contributed by atoms with Gasteiger partial charge in [-0.2, -0.15) is 0 Å². The van der Waals surface area contributed by atoms with Gasteiger partial charge in [-0.1, -0.05) is 38.1 Å². The zero-order valence-corrected chi connectivity index (χ0v) is 21.2. The SMILES string of the molecule is CCC12CN3CC(CC)(CN(C1)C3c1ccc(N3C(=O)CC(c4ccc(OC)cc4)C3=O)cc1)C2=O. The smallest absolute Gasteiger partial charge is 0.241 e. The van der Waals surface area contributed by atoms with E-state index in [0.717, 1.165) is 55.9 Å². The molecule has 0 radical (unpaired) electrons. The Morgan fingerprint density at radius 1 is 0.806 bits per heavy atom. The summed E-state index contributed by atoms with van der Waals surface area (Å²) in [5, 5.41) is 0. The summed E-state index contributed by atoms with van der Waals surface area (Å²) in [5.74, 6) is 0.354. The highest BCUT2D eigenvalue weighted by Gasteiger charge is 2.64. The molecule has 5 aliphatic rings. The number of carbonyl (C=O) groups excluding carboxylic acids is 3. The van der Waals surface area contributed by atoms with Gasteiger partial charge in [0.1, 0.15) is 11.5 Å². The molecule has 2 aromatic rings. The summed E-state index contributed by atoms with van der Waals surface area (Å²) in [5.41, 5.74) is 2.07. The Morgan fingerprint density at radius 2 is 1.33 bits per heavy atom. The van der Waals surface area contributed by atoms with Gasteiger partial charge in [0.2, 0.25) is 11.8 Å². The van der Waals surface area contributed by atoms with Crippen LogP contribution in [0.15, 0.2) is 48.5 Å². The fourth-order valence-corrected chi connectivity index (χ4v) is 7.18. The topological polar surface area (TPSA) is 70.2 Å². The van der Waals surface area contributed by atoms with Crippen LogP contribution >= 0.6 is 0 Å². The summed E-state index contributed by atoms with van der Waals surface area (Å²) in [6, 6.07) is 15.2. The van der Waals surface area contributed by atoms with Crippen LogP contribution in [0.3, 0.4) is 0 Å². The number of nitrogens with zero attached hydrogens (tertiary/aromatic N) is 3. The molecule has 2 aromatic carbocycles. The molecule has 36 heavy (non-hydrogen) atoms. The average molecular weight is 488 g/mol. The number of ether oxygens (including phenoxy) is 1. The maximum Gasteiger partial charge on any atom is 0.241 e. The van der Waals surface area contributed by atoms with E-state index >= 15 is 0 Å². The van der Waals surface area contributed by atoms with E-state index in [1.807, 2.05) is 48.5 Å². The lowest BCUT2D eigenvalue weighted by Gasteiger charge is -2.66. The highest BCUT2D eigenvalue weighted by molar-refractivity contribution is 6.22. The van der Waals surface area contributed by atoms with Crippen molar-refractivity contribution in [3.05, 3.63) is 59.7 Å². The zero-order valence-electron chi connectivity index (χ0n) is 21.2. The van der Waals surface area contributed by atoms with Crippen LogP contribution in [-0.2, 0) is 14.4 Å². The number of piperidine rings is 2. The molecule has 7 heteroatoms. The van der Waals surface area contributed by atoms with Crippen molar-refractivity contribution in [1.29, 1.82) is 0 Å². The predicted molar refractivity (Wildman–Crippen MR) is 136 cm³/mol. The van der Waals surface area contributed by atoms with Gasteiger partial charge in [-0.05, 0) is 48.2 Å².